The van der Waals surface area contributed by atoms with Crippen molar-refractivity contribution in [1.29, 1.82) is 0 Å². The molecule has 0 saturated heterocycles. The zero-order valence-corrected chi connectivity index (χ0v) is 15.4. The van der Waals surface area contributed by atoms with Crippen LogP contribution in [0.4, 0.5) is 0 Å². The molecule has 0 aliphatic carbocycles. The third-order valence-electron chi connectivity index (χ3n) is 3.03. The average molecular weight is 389 g/mol. The van der Waals surface area contributed by atoms with Crippen molar-refractivity contribution in [2.75, 3.05) is 20.1 Å². The molecular weight excluding hydrogens is 361 g/mol. The van der Waals surface area contributed by atoms with Crippen molar-refractivity contribution < 1.29 is 0 Å². The van der Waals surface area contributed by atoms with Crippen molar-refractivity contribution >= 4 is 29.9 Å². The molecule has 3 nitrogen and oxygen atoms in total. The Labute approximate surface area is 140 Å². The van der Waals surface area contributed by atoms with Gasteiger partial charge in [-0.3, -0.25) is 4.99 Å². The molecule has 1 aromatic rings. The number of nitrogens with one attached hydrogen (secondary N) is 2. The molecule has 2 N–H and O–H groups in total. The second-order valence-electron chi connectivity index (χ2n) is 5.68. The molecule has 0 fully saturated rings. The first-order chi connectivity index (χ1) is 9.07. The van der Waals surface area contributed by atoms with Crippen LogP contribution in [0.25, 0.3) is 0 Å². The van der Waals surface area contributed by atoms with E-state index in [0.717, 1.165) is 31.9 Å². The van der Waals surface area contributed by atoms with Gasteiger partial charge in [-0.15, -0.1) is 24.0 Å². The standard InChI is InChI=1S/C16H27N3.HI/c1-5-11-18-15(17-4)19-13-16(2,3)12-14-9-7-6-8-10-14;/h6-10H,5,11-13H2,1-4H3,(H2,17,18,19);1H. The maximum absolute atomic E-state index is 4.23. The Morgan fingerprint density at radius 2 is 1.80 bits per heavy atom. The molecule has 0 heterocycles. The minimum atomic E-state index is 0. The summed E-state index contributed by atoms with van der Waals surface area (Å²) in [7, 11) is 1.81. The highest BCUT2D eigenvalue weighted by molar-refractivity contribution is 14.0. The van der Waals surface area contributed by atoms with Gasteiger partial charge in [0, 0.05) is 20.1 Å². The topological polar surface area (TPSA) is 36.4 Å². The zero-order valence-electron chi connectivity index (χ0n) is 13.1. The van der Waals surface area contributed by atoms with Crippen LogP contribution in [-0.2, 0) is 6.42 Å². The second kappa shape index (κ2) is 10.0. The fourth-order valence-corrected chi connectivity index (χ4v) is 2.00. The SMILES string of the molecule is CCCNC(=NC)NCC(C)(C)Cc1ccccc1.I. The number of hydrogen-bond acceptors (Lipinski definition) is 1. The van der Waals surface area contributed by atoms with E-state index < -0.39 is 0 Å². The molecule has 0 aliphatic rings. The molecule has 0 unspecified atom stereocenters. The van der Waals surface area contributed by atoms with Gasteiger partial charge in [0.25, 0.3) is 0 Å². The highest BCUT2D eigenvalue weighted by atomic mass is 127. The summed E-state index contributed by atoms with van der Waals surface area (Å²) in [6.45, 7) is 8.57. The summed E-state index contributed by atoms with van der Waals surface area (Å²) in [5.74, 6) is 0.892. The molecule has 4 heteroatoms. The summed E-state index contributed by atoms with van der Waals surface area (Å²) in [6, 6.07) is 10.6. The molecule has 0 aliphatic heterocycles. The quantitative estimate of drug-likeness (QED) is 0.444. The van der Waals surface area contributed by atoms with E-state index in [2.05, 4.69) is 66.7 Å². The molecule has 0 atom stereocenters. The summed E-state index contributed by atoms with van der Waals surface area (Å²) in [6.07, 6.45) is 2.17. The molecular formula is C16H28IN3. The highest BCUT2D eigenvalue weighted by Crippen LogP contribution is 2.20. The van der Waals surface area contributed by atoms with Gasteiger partial charge < -0.3 is 10.6 Å². The summed E-state index contributed by atoms with van der Waals surface area (Å²) >= 11 is 0. The third-order valence-corrected chi connectivity index (χ3v) is 3.03. The molecule has 0 radical (unpaired) electrons. The van der Waals surface area contributed by atoms with Gasteiger partial charge in [0.2, 0.25) is 0 Å². The van der Waals surface area contributed by atoms with E-state index >= 15 is 0 Å². The molecule has 1 aromatic carbocycles. The Morgan fingerprint density at radius 1 is 1.15 bits per heavy atom. The smallest absolute Gasteiger partial charge is 0.190 e. The predicted molar refractivity (Wildman–Crippen MR) is 99.0 cm³/mol. The Hall–Kier alpha value is -0.780. The van der Waals surface area contributed by atoms with Crippen LogP contribution in [0.1, 0.15) is 32.8 Å². The van der Waals surface area contributed by atoms with Gasteiger partial charge in [-0.1, -0.05) is 51.1 Å². The van der Waals surface area contributed by atoms with Crippen molar-refractivity contribution in [2.45, 2.75) is 33.6 Å². The molecule has 0 amide bonds. The van der Waals surface area contributed by atoms with E-state index in [1.807, 2.05) is 7.05 Å². The van der Waals surface area contributed by atoms with E-state index in [9.17, 15) is 0 Å². The molecule has 0 spiro atoms. The molecule has 0 bridgehead atoms. The molecule has 20 heavy (non-hydrogen) atoms. The predicted octanol–water partition coefficient (Wildman–Crippen LogP) is 3.45. The number of benzene rings is 1. The lowest BCUT2D eigenvalue weighted by Crippen LogP contribution is -2.42. The molecule has 0 aromatic heterocycles. The lowest BCUT2D eigenvalue weighted by atomic mass is 9.86. The van der Waals surface area contributed by atoms with Crippen LogP contribution < -0.4 is 10.6 Å². The first kappa shape index (κ1) is 19.2. The minimum absolute atomic E-state index is 0. The van der Waals surface area contributed by atoms with Gasteiger partial charge in [0.15, 0.2) is 5.96 Å². The van der Waals surface area contributed by atoms with Gasteiger partial charge >= 0.3 is 0 Å². The van der Waals surface area contributed by atoms with Crippen LogP contribution in [0, 0.1) is 5.41 Å². The van der Waals surface area contributed by atoms with E-state index in [4.69, 9.17) is 0 Å². The Kier molecular flexibility index (Phi) is 9.63. The van der Waals surface area contributed by atoms with Crippen LogP contribution in [0.2, 0.25) is 0 Å². The molecule has 114 valence electrons. The van der Waals surface area contributed by atoms with Crippen molar-refractivity contribution in [2.24, 2.45) is 10.4 Å². The number of guanidine groups is 1. The van der Waals surface area contributed by atoms with Crippen LogP contribution in [0.5, 0.6) is 0 Å². The Bertz CT molecular complexity index is 388. The fourth-order valence-electron chi connectivity index (χ4n) is 2.00. The fraction of sp³-hybridized carbons (Fsp3) is 0.562. The summed E-state index contributed by atoms with van der Waals surface area (Å²) < 4.78 is 0. The summed E-state index contributed by atoms with van der Waals surface area (Å²) in [5, 5.41) is 6.70. The normalized spacial score (nSPS) is 11.7. The van der Waals surface area contributed by atoms with Crippen LogP contribution in [0.15, 0.2) is 35.3 Å². The first-order valence-corrected chi connectivity index (χ1v) is 7.06. The van der Waals surface area contributed by atoms with E-state index in [1.165, 1.54) is 5.56 Å². The summed E-state index contributed by atoms with van der Waals surface area (Å²) in [5.41, 5.74) is 1.58. The highest BCUT2D eigenvalue weighted by Gasteiger charge is 2.18. The van der Waals surface area contributed by atoms with Gasteiger partial charge in [-0.2, -0.15) is 0 Å². The third kappa shape index (κ3) is 7.72. The largest absolute Gasteiger partial charge is 0.356 e. The van der Waals surface area contributed by atoms with Crippen molar-refractivity contribution in [3.63, 3.8) is 0 Å². The zero-order chi connectivity index (χ0) is 14.1. The Morgan fingerprint density at radius 3 is 2.35 bits per heavy atom. The lowest BCUT2D eigenvalue weighted by Gasteiger charge is -2.26. The number of rotatable bonds is 6. The van der Waals surface area contributed by atoms with E-state index in [0.29, 0.717) is 0 Å². The van der Waals surface area contributed by atoms with E-state index in [1.54, 1.807) is 0 Å². The number of aliphatic imine (C=N–C) groups is 1. The minimum Gasteiger partial charge on any atom is -0.356 e. The van der Waals surface area contributed by atoms with Crippen molar-refractivity contribution in [3.8, 4) is 0 Å². The lowest BCUT2D eigenvalue weighted by molar-refractivity contribution is 0.359. The van der Waals surface area contributed by atoms with Crippen molar-refractivity contribution in [1.82, 2.24) is 10.6 Å². The first-order valence-electron chi connectivity index (χ1n) is 7.06. The monoisotopic (exact) mass is 389 g/mol. The van der Waals surface area contributed by atoms with Gasteiger partial charge in [0.05, 0.1) is 0 Å². The maximum Gasteiger partial charge on any atom is 0.190 e. The number of halogens is 1. The molecule has 1 rings (SSSR count). The second-order valence-corrected chi connectivity index (χ2v) is 5.68. The van der Waals surface area contributed by atoms with Crippen LogP contribution in [-0.4, -0.2) is 26.1 Å². The summed E-state index contributed by atoms with van der Waals surface area (Å²) in [4.78, 5) is 4.23. The Balaban J connectivity index is 0.00000361. The van der Waals surface area contributed by atoms with Crippen LogP contribution >= 0.6 is 24.0 Å². The van der Waals surface area contributed by atoms with E-state index in [-0.39, 0.29) is 29.4 Å². The van der Waals surface area contributed by atoms with Gasteiger partial charge in [-0.25, -0.2) is 0 Å². The van der Waals surface area contributed by atoms with Gasteiger partial charge in [-0.05, 0) is 23.8 Å². The van der Waals surface area contributed by atoms with Gasteiger partial charge in [0.1, 0.15) is 0 Å². The molecule has 0 saturated carbocycles. The van der Waals surface area contributed by atoms with Crippen molar-refractivity contribution in [3.05, 3.63) is 35.9 Å². The maximum atomic E-state index is 4.23. The van der Waals surface area contributed by atoms with Crippen LogP contribution in [0.3, 0.4) is 0 Å². The number of nitrogens with zero attached hydrogens (tertiary/aromatic N) is 1. The average Bonchev–Trinajstić information content (AvgIpc) is 2.39. The number of hydrogen-bond donors (Lipinski definition) is 2.